The second-order valence-electron chi connectivity index (χ2n) is 7.09. The molecule has 0 atom stereocenters. The van der Waals surface area contributed by atoms with Crippen LogP contribution in [0.2, 0.25) is 5.02 Å². The Labute approximate surface area is 202 Å². The number of aromatic nitrogens is 2. The van der Waals surface area contributed by atoms with Crippen LogP contribution in [0.3, 0.4) is 0 Å². The van der Waals surface area contributed by atoms with Crippen molar-refractivity contribution < 1.29 is 37.5 Å². The molecule has 13 heteroatoms. The van der Waals surface area contributed by atoms with E-state index >= 15 is 0 Å². The van der Waals surface area contributed by atoms with Crippen molar-refractivity contribution in [2.24, 2.45) is 0 Å². The van der Waals surface area contributed by atoms with Crippen molar-refractivity contribution in [3.05, 3.63) is 34.6 Å². The third kappa shape index (κ3) is 6.29. The lowest BCUT2D eigenvalue weighted by molar-refractivity contribution is -0.168. The van der Waals surface area contributed by atoms with Gasteiger partial charge in [0.25, 0.3) is 0 Å². The largest absolute Gasteiger partial charge is 0.464 e. The number of hydrogen-bond acceptors (Lipinski definition) is 10. The number of hydrogen-bond donors (Lipinski definition) is 1. The molecule has 1 aromatic carbocycles. The number of ether oxygens (including phenoxy) is 2. The molecular formula is C21H27ClN3O8P. The van der Waals surface area contributed by atoms with Crippen LogP contribution in [0.1, 0.15) is 32.2 Å². The van der Waals surface area contributed by atoms with E-state index in [-0.39, 0.29) is 30.8 Å². The Hall–Kier alpha value is -2.59. The predicted octanol–water partition coefficient (Wildman–Crippen LogP) is 2.81. The van der Waals surface area contributed by atoms with Crippen LogP contribution >= 0.6 is 19.2 Å². The summed E-state index contributed by atoms with van der Waals surface area (Å²) in [5.41, 5.74) is -1.30. The van der Waals surface area contributed by atoms with E-state index < -0.39 is 37.4 Å². The minimum Gasteiger partial charge on any atom is -0.464 e. The van der Waals surface area contributed by atoms with Gasteiger partial charge in [0.15, 0.2) is 0 Å². The maximum absolute atomic E-state index is 13.0. The van der Waals surface area contributed by atoms with Crippen molar-refractivity contribution in [1.29, 1.82) is 0 Å². The van der Waals surface area contributed by atoms with E-state index in [1.54, 1.807) is 26.0 Å². The Balaban J connectivity index is 2.78. The molecule has 0 aliphatic carbocycles. The second kappa shape index (κ2) is 11.7. The molecule has 0 aliphatic rings. The average Bonchev–Trinajstić information content (AvgIpc) is 2.78. The van der Waals surface area contributed by atoms with Gasteiger partial charge in [-0.15, -0.1) is 0 Å². The van der Waals surface area contributed by atoms with Crippen molar-refractivity contribution in [3.8, 4) is 0 Å². The summed E-state index contributed by atoms with van der Waals surface area (Å²) < 4.78 is 33.2. The third-order valence-corrected chi connectivity index (χ3v) is 6.79. The number of nitrogens with one attached hydrogen (secondary N) is 1. The summed E-state index contributed by atoms with van der Waals surface area (Å²) >= 11 is 6.09. The van der Waals surface area contributed by atoms with Crippen molar-refractivity contribution in [3.63, 3.8) is 0 Å². The van der Waals surface area contributed by atoms with E-state index in [1.807, 2.05) is 0 Å². The molecule has 1 aromatic heterocycles. The number of rotatable bonds is 11. The topological polar surface area (TPSA) is 143 Å². The molecule has 0 saturated carbocycles. The van der Waals surface area contributed by atoms with E-state index in [1.165, 1.54) is 20.3 Å². The van der Waals surface area contributed by atoms with Gasteiger partial charge in [0.1, 0.15) is 0 Å². The molecular weight excluding hydrogens is 489 g/mol. The van der Waals surface area contributed by atoms with Gasteiger partial charge in [-0.25, -0.2) is 19.6 Å². The zero-order valence-electron chi connectivity index (χ0n) is 19.5. The first-order valence-electron chi connectivity index (χ1n) is 10.3. The number of halogens is 1. The molecule has 34 heavy (non-hydrogen) atoms. The zero-order chi connectivity index (χ0) is 25.5. The van der Waals surface area contributed by atoms with Gasteiger partial charge < -0.3 is 23.8 Å². The first-order valence-corrected chi connectivity index (χ1v) is 12.4. The van der Waals surface area contributed by atoms with E-state index in [0.717, 1.165) is 6.92 Å². The molecule has 1 amide bonds. The van der Waals surface area contributed by atoms with Crippen LogP contribution in [0.15, 0.2) is 18.2 Å². The molecule has 1 heterocycles. The Kier molecular flexibility index (Phi) is 9.52. The molecule has 0 radical (unpaired) electrons. The fraction of sp³-hybridized carbons (Fsp3) is 0.476. The highest BCUT2D eigenvalue weighted by Crippen LogP contribution is 2.50. The summed E-state index contributed by atoms with van der Waals surface area (Å²) in [6.07, 6.45) is -0.814. The first-order chi connectivity index (χ1) is 16.0. The fourth-order valence-electron chi connectivity index (χ4n) is 3.19. The van der Waals surface area contributed by atoms with Gasteiger partial charge in [-0.2, -0.15) is 0 Å². The van der Waals surface area contributed by atoms with Gasteiger partial charge in [-0.3, -0.25) is 9.36 Å². The number of esters is 2. The molecule has 11 nitrogen and oxygen atoms in total. The summed E-state index contributed by atoms with van der Waals surface area (Å²) in [6, 6.07) is 4.76. The molecule has 2 rings (SSSR count). The standard InChI is InChI=1S/C21H27ClN3O8P/c1-6-32-19(27)21(25-13(3)26,20(28)33-7-2)11-17-18(12-34(29,30-4)31-5)23-15-9-8-14(22)10-16(15)24-17/h8-10H,6-7,11-12H2,1-5H3,(H,25,26). The second-order valence-corrected chi connectivity index (χ2v) is 9.79. The van der Waals surface area contributed by atoms with Crippen molar-refractivity contribution in [2.45, 2.75) is 38.9 Å². The van der Waals surface area contributed by atoms with Gasteiger partial charge >= 0.3 is 19.5 Å². The van der Waals surface area contributed by atoms with E-state index in [2.05, 4.69) is 15.3 Å². The van der Waals surface area contributed by atoms with E-state index in [9.17, 15) is 18.9 Å². The first kappa shape index (κ1) is 27.7. The van der Waals surface area contributed by atoms with Crippen molar-refractivity contribution >= 4 is 48.1 Å². The van der Waals surface area contributed by atoms with Gasteiger partial charge in [0.05, 0.1) is 41.8 Å². The quantitative estimate of drug-likeness (QED) is 0.269. The maximum Gasteiger partial charge on any atom is 0.344 e. The van der Waals surface area contributed by atoms with Gasteiger partial charge in [0.2, 0.25) is 11.4 Å². The van der Waals surface area contributed by atoms with E-state index in [0.29, 0.717) is 16.1 Å². The molecule has 0 fully saturated rings. The molecule has 0 bridgehead atoms. The molecule has 2 aromatic rings. The van der Waals surface area contributed by atoms with Crippen LogP contribution in [0.25, 0.3) is 11.0 Å². The zero-order valence-corrected chi connectivity index (χ0v) is 21.2. The third-order valence-electron chi connectivity index (χ3n) is 4.75. The monoisotopic (exact) mass is 515 g/mol. The number of nitrogens with zero attached hydrogens (tertiary/aromatic N) is 2. The SMILES string of the molecule is CCOC(=O)C(Cc1nc2cc(Cl)ccc2nc1CP(=O)(OC)OC)(NC(C)=O)C(=O)OCC. The number of amides is 1. The van der Waals surface area contributed by atoms with Crippen LogP contribution in [0, 0.1) is 0 Å². The highest BCUT2D eigenvalue weighted by Gasteiger charge is 2.51. The van der Waals surface area contributed by atoms with Gasteiger partial charge in [0, 0.05) is 32.6 Å². The average molecular weight is 516 g/mol. The maximum atomic E-state index is 13.0. The van der Waals surface area contributed by atoms with Crippen LogP contribution in [0.5, 0.6) is 0 Å². The summed E-state index contributed by atoms with van der Waals surface area (Å²) in [4.78, 5) is 47.2. The van der Waals surface area contributed by atoms with Crippen molar-refractivity contribution in [1.82, 2.24) is 15.3 Å². The molecule has 186 valence electrons. The predicted molar refractivity (Wildman–Crippen MR) is 123 cm³/mol. The fourth-order valence-corrected chi connectivity index (χ4v) is 4.38. The summed E-state index contributed by atoms with van der Waals surface area (Å²) in [6.45, 7) is 4.13. The number of benzene rings is 1. The normalized spacial score (nSPS) is 11.8. The van der Waals surface area contributed by atoms with Gasteiger partial charge in [-0.1, -0.05) is 11.6 Å². The number of carbonyl (C=O) groups is 3. The lowest BCUT2D eigenvalue weighted by atomic mass is 9.91. The lowest BCUT2D eigenvalue weighted by Crippen LogP contribution is -2.62. The summed E-state index contributed by atoms with van der Waals surface area (Å²) in [7, 11) is -1.19. The highest BCUT2D eigenvalue weighted by molar-refractivity contribution is 7.52. The highest BCUT2D eigenvalue weighted by atomic mass is 35.5. The number of fused-ring (bicyclic) bond motifs is 1. The Bertz CT molecular complexity index is 1100. The summed E-state index contributed by atoms with van der Waals surface area (Å²) in [5, 5.41) is 2.75. The Morgan fingerprint density at radius 2 is 1.56 bits per heavy atom. The molecule has 0 unspecified atom stereocenters. The molecule has 0 aliphatic heterocycles. The molecule has 0 spiro atoms. The van der Waals surface area contributed by atoms with Crippen molar-refractivity contribution in [2.75, 3.05) is 27.4 Å². The molecule has 0 saturated heterocycles. The molecule has 1 N–H and O–H groups in total. The van der Waals surface area contributed by atoms with Crippen LogP contribution in [0.4, 0.5) is 0 Å². The minimum atomic E-state index is -3.63. The Morgan fingerprint density at radius 3 is 2.06 bits per heavy atom. The summed E-state index contributed by atoms with van der Waals surface area (Å²) in [5.74, 6) is -2.76. The lowest BCUT2D eigenvalue weighted by Gasteiger charge is -2.30. The smallest absolute Gasteiger partial charge is 0.344 e. The minimum absolute atomic E-state index is 0.0615. The van der Waals surface area contributed by atoms with Crippen LogP contribution in [-0.2, 0) is 50.1 Å². The van der Waals surface area contributed by atoms with Crippen LogP contribution < -0.4 is 5.32 Å². The number of carbonyl (C=O) groups excluding carboxylic acids is 3. The van der Waals surface area contributed by atoms with E-state index in [4.69, 9.17) is 30.1 Å². The van der Waals surface area contributed by atoms with Gasteiger partial charge in [-0.05, 0) is 32.0 Å². The Morgan fingerprint density at radius 1 is 1.00 bits per heavy atom. The van der Waals surface area contributed by atoms with Crippen LogP contribution in [-0.4, -0.2) is 60.8 Å².